The van der Waals surface area contributed by atoms with Crippen LogP contribution in [0.25, 0.3) is 0 Å². The molecule has 88 valence electrons. The Morgan fingerprint density at radius 3 is 2.88 bits per heavy atom. The summed E-state index contributed by atoms with van der Waals surface area (Å²) in [5.74, 6) is 0. The van der Waals surface area contributed by atoms with E-state index in [1.807, 2.05) is 18.5 Å². The van der Waals surface area contributed by atoms with E-state index in [2.05, 4.69) is 21.3 Å². The Balaban J connectivity index is 1.58. The summed E-state index contributed by atoms with van der Waals surface area (Å²) in [5, 5.41) is 3.47. The molecule has 1 fully saturated rings. The van der Waals surface area contributed by atoms with Gasteiger partial charge < -0.3 is 10.2 Å². The molecule has 0 radical (unpaired) electrons. The van der Waals surface area contributed by atoms with E-state index in [4.69, 9.17) is 0 Å². The van der Waals surface area contributed by atoms with Gasteiger partial charge in [-0.25, -0.2) is 0 Å². The van der Waals surface area contributed by atoms with E-state index < -0.39 is 0 Å². The molecule has 0 amide bonds. The molecule has 0 atom stereocenters. The van der Waals surface area contributed by atoms with Crippen LogP contribution in [0, 0.1) is 0 Å². The van der Waals surface area contributed by atoms with Gasteiger partial charge >= 0.3 is 0 Å². The predicted octanol–water partition coefficient (Wildman–Crippen LogP) is 1.66. The summed E-state index contributed by atoms with van der Waals surface area (Å²) in [4.78, 5) is 6.66. The lowest BCUT2D eigenvalue weighted by Gasteiger charge is -2.26. The van der Waals surface area contributed by atoms with E-state index in [1.54, 1.807) is 0 Å². The molecule has 1 saturated heterocycles. The summed E-state index contributed by atoms with van der Waals surface area (Å²) in [6.45, 7) is 5.76. The predicted molar refractivity (Wildman–Crippen MR) is 66.2 cm³/mol. The maximum absolute atomic E-state index is 4.10. The summed E-state index contributed by atoms with van der Waals surface area (Å²) in [6.07, 6.45) is 7.91. The average Bonchev–Trinajstić information content (AvgIpc) is 2.37. The Bertz CT molecular complexity index is 280. The number of pyridine rings is 1. The highest BCUT2D eigenvalue weighted by atomic mass is 15.1. The minimum Gasteiger partial charge on any atom is -0.311 e. The zero-order chi connectivity index (χ0) is 11.1. The van der Waals surface area contributed by atoms with Crippen LogP contribution in [0.15, 0.2) is 24.5 Å². The third-order valence-corrected chi connectivity index (χ3v) is 3.11. The Kier molecular flexibility index (Phi) is 4.77. The standard InChI is InChI=1S/C13H21N3/c1-2-8-16(9-3-1)10-7-15-12-13-5-4-6-14-11-13/h4-6,11,15H,1-3,7-10,12H2. The number of hydrogen-bond donors (Lipinski definition) is 1. The van der Waals surface area contributed by atoms with Gasteiger partial charge in [-0.15, -0.1) is 0 Å². The molecule has 0 saturated carbocycles. The molecule has 0 bridgehead atoms. The van der Waals surface area contributed by atoms with Gasteiger partial charge in [0.25, 0.3) is 0 Å². The highest BCUT2D eigenvalue weighted by Crippen LogP contribution is 2.07. The molecule has 1 aliphatic rings. The van der Waals surface area contributed by atoms with E-state index in [9.17, 15) is 0 Å². The van der Waals surface area contributed by atoms with E-state index in [-0.39, 0.29) is 0 Å². The minimum atomic E-state index is 0.932. The lowest BCUT2D eigenvalue weighted by atomic mass is 10.1. The van der Waals surface area contributed by atoms with E-state index in [0.29, 0.717) is 0 Å². The molecule has 0 spiro atoms. The van der Waals surface area contributed by atoms with E-state index in [1.165, 1.54) is 44.5 Å². The first kappa shape index (κ1) is 11.6. The molecule has 1 N–H and O–H groups in total. The summed E-state index contributed by atoms with van der Waals surface area (Å²) >= 11 is 0. The van der Waals surface area contributed by atoms with Crippen LogP contribution in [-0.2, 0) is 6.54 Å². The quantitative estimate of drug-likeness (QED) is 0.763. The Hall–Kier alpha value is -0.930. The number of nitrogens with one attached hydrogen (secondary N) is 1. The number of piperidine rings is 1. The van der Waals surface area contributed by atoms with Crippen LogP contribution >= 0.6 is 0 Å². The van der Waals surface area contributed by atoms with Gasteiger partial charge in [0.1, 0.15) is 0 Å². The molecular weight excluding hydrogens is 198 g/mol. The van der Waals surface area contributed by atoms with Crippen molar-refractivity contribution in [2.45, 2.75) is 25.8 Å². The lowest BCUT2D eigenvalue weighted by Crippen LogP contribution is -2.35. The van der Waals surface area contributed by atoms with Crippen molar-refractivity contribution in [3.8, 4) is 0 Å². The van der Waals surface area contributed by atoms with Gasteiger partial charge in [-0.3, -0.25) is 4.98 Å². The van der Waals surface area contributed by atoms with Crippen molar-refractivity contribution in [2.75, 3.05) is 26.2 Å². The van der Waals surface area contributed by atoms with Crippen molar-refractivity contribution < 1.29 is 0 Å². The van der Waals surface area contributed by atoms with Crippen molar-refractivity contribution >= 4 is 0 Å². The van der Waals surface area contributed by atoms with Crippen molar-refractivity contribution in [3.05, 3.63) is 30.1 Å². The maximum atomic E-state index is 4.10. The van der Waals surface area contributed by atoms with Crippen LogP contribution in [0.2, 0.25) is 0 Å². The summed E-state index contributed by atoms with van der Waals surface area (Å²) in [7, 11) is 0. The van der Waals surface area contributed by atoms with Gasteiger partial charge in [-0.05, 0) is 37.6 Å². The Morgan fingerprint density at radius 2 is 2.12 bits per heavy atom. The van der Waals surface area contributed by atoms with Crippen molar-refractivity contribution in [2.24, 2.45) is 0 Å². The highest BCUT2D eigenvalue weighted by Gasteiger charge is 2.08. The summed E-state index contributed by atoms with van der Waals surface area (Å²) in [5.41, 5.74) is 1.26. The van der Waals surface area contributed by atoms with Crippen molar-refractivity contribution in [1.29, 1.82) is 0 Å². The SMILES string of the molecule is c1cncc(CNCCN2CCCCC2)c1. The monoisotopic (exact) mass is 219 g/mol. The lowest BCUT2D eigenvalue weighted by molar-refractivity contribution is 0.229. The molecule has 2 heterocycles. The molecular formula is C13H21N3. The zero-order valence-corrected chi connectivity index (χ0v) is 9.86. The molecule has 16 heavy (non-hydrogen) atoms. The van der Waals surface area contributed by atoms with E-state index >= 15 is 0 Å². The van der Waals surface area contributed by atoms with E-state index in [0.717, 1.165) is 13.1 Å². The number of nitrogens with zero attached hydrogens (tertiary/aromatic N) is 2. The number of likely N-dealkylation sites (tertiary alicyclic amines) is 1. The minimum absolute atomic E-state index is 0.932. The molecule has 1 aromatic heterocycles. The second-order valence-corrected chi connectivity index (χ2v) is 4.44. The maximum Gasteiger partial charge on any atom is 0.0312 e. The molecule has 1 aliphatic heterocycles. The second-order valence-electron chi connectivity index (χ2n) is 4.44. The van der Waals surface area contributed by atoms with Crippen LogP contribution in [0.3, 0.4) is 0 Å². The molecule has 0 unspecified atom stereocenters. The Labute approximate surface area is 97.9 Å². The molecule has 0 aromatic carbocycles. The number of rotatable bonds is 5. The highest BCUT2D eigenvalue weighted by molar-refractivity contribution is 5.07. The van der Waals surface area contributed by atoms with Crippen LogP contribution in [0.5, 0.6) is 0 Å². The topological polar surface area (TPSA) is 28.2 Å². The smallest absolute Gasteiger partial charge is 0.0312 e. The third kappa shape index (κ3) is 3.91. The largest absolute Gasteiger partial charge is 0.311 e. The van der Waals surface area contributed by atoms with Crippen molar-refractivity contribution in [3.63, 3.8) is 0 Å². The first-order valence-corrected chi connectivity index (χ1v) is 6.27. The van der Waals surface area contributed by atoms with Gasteiger partial charge in [-0.1, -0.05) is 12.5 Å². The summed E-state index contributed by atoms with van der Waals surface area (Å²) in [6, 6.07) is 4.10. The average molecular weight is 219 g/mol. The van der Waals surface area contributed by atoms with Gasteiger partial charge in [0.15, 0.2) is 0 Å². The van der Waals surface area contributed by atoms with Crippen LogP contribution in [-0.4, -0.2) is 36.1 Å². The zero-order valence-electron chi connectivity index (χ0n) is 9.86. The first-order chi connectivity index (χ1) is 7.95. The molecule has 3 heteroatoms. The molecule has 1 aromatic rings. The van der Waals surface area contributed by atoms with Crippen LogP contribution < -0.4 is 5.32 Å². The molecule has 0 aliphatic carbocycles. The van der Waals surface area contributed by atoms with Gasteiger partial charge in [0, 0.05) is 32.0 Å². The normalized spacial score (nSPS) is 17.5. The second kappa shape index (κ2) is 6.61. The fourth-order valence-electron chi connectivity index (χ4n) is 2.16. The molecule has 3 nitrogen and oxygen atoms in total. The fourth-order valence-corrected chi connectivity index (χ4v) is 2.16. The number of hydrogen-bond acceptors (Lipinski definition) is 3. The Morgan fingerprint density at radius 1 is 1.25 bits per heavy atom. The van der Waals surface area contributed by atoms with Crippen molar-refractivity contribution in [1.82, 2.24) is 15.2 Å². The fraction of sp³-hybridized carbons (Fsp3) is 0.615. The first-order valence-electron chi connectivity index (χ1n) is 6.27. The van der Waals surface area contributed by atoms with Crippen LogP contribution in [0.1, 0.15) is 24.8 Å². The summed E-state index contributed by atoms with van der Waals surface area (Å²) < 4.78 is 0. The molecule has 2 rings (SSSR count). The van der Waals surface area contributed by atoms with Gasteiger partial charge in [0.05, 0.1) is 0 Å². The van der Waals surface area contributed by atoms with Crippen LogP contribution in [0.4, 0.5) is 0 Å². The van der Waals surface area contributed by atoms with Gasteiger partial charge in [0.2, 0.25) is 0 Å². The third-order valence-electron chi connectivity index (χ3n) is 3.11. The number of aromatic nitrogens is 1. The van der Waals surface area contributed by atoms with Gasteiger partial charge in [-0.2, -0.15) is 0 Å².